The molecule has 1 amide bonds. The van der Waals surface area contributed by atoms with Gasteiger partial charge >= 0.3 is 0 Å². The second-order valence-electron chi connectivity index (χ2n) is 6.43. The van der Waals surface area contributed by atoms with Crippen LogP contribution >= 0.6 is 0 Å². The van der Waals surface area contributed by atoms with Crippen LogP contribution in [0.1, 0.15) is 24.2 Å². The van der Waals surface area contributed by atoms with Crippen molar-refractivity contribution in [2.45, 2.75) is 13.8 Å². The van der Waals surface area contributed by atoms with Gasteiger partial charge in [-0.25, -0.2) is 0 Å². The molecule has 1 aliphatic heterocycles. The highest BCUT2D eigenvalue weighted by atomic mass is 16.5. The van der Waals surface area contributed by atoms with Gasteiger partial charge in [0.2, 0.25) is 0 Å². The Balaban J connectivity index is 1.60. The van der Waals surface area contributed by atoms with Crippen LogP contribution in [0.5, 0.6) is 5.75 Å². The number of piperazine rings is 1. The number of amides is 1. The molecule has 1 aliphatic rings. The number of rotatable bonds is 6. The lowest BCUT2D eigenvalue weighted by molar-refractivity contribution is 0.0746. The zero-order valence-electron chi connectivity index (χ0n) is 16.3. The second-order valence-corrected chi connectivity index (χ2v) is 6.43. The summed E-state index contributed by atoms with van der Waals surface area (Å²) in [5, 5.41) is 8.74. The third kappa shape index (κ3) is 4.30. The van der Waals surface area contributed by atoms with E-state index < -0.39 is 0 Å². The first kappa shape index (κ1) is 18.9. The van der Waals surface area contributed by atoms with Crippen LogP contribution < -0.4 is 14.5 Å². The number of carbonyl (C=O) groups excluding carboxylic acids is 1. The Morgan fingerprint density at radius 3 is 2.41 bits per heavy atom. The minimum Gasteiger partial charge on any atom is -0.497 e. The maximum Gasteiger partial charge on any atom is 0.254 e. The molecule has 1 saturated heterocycles. The molecule has 0 N–H and O–H groups in total. The smallest absolute Gasteiger partial charge is 0.254 e. The first-order valence-corrected chi connectivity index (χ1v) is 9.43. The standard InChI is InChI=1S/C20H27N5O2/c1-4-23(5-2)18-9-10-19(22-21-18)24-11-13-25(14-12-24)20(26)16-7-6-8-17(15-16)27-3/h6-10,15H,4-5,11-14H2,1-3H3. The van der Waals surface area contributed by atoms with Gasteiger partial charge in [-0.15, -0.1) is 10.2 Å². The van der Waals surface area contributed by atoms with Crippen molar-refractivity contribution in [2.75, 3.05) is 56.2 Å². The number of hydrogen-bond donors (Lipinski definition) is 0. The molecule has 7 nitrogen and oxygen atoms in total. The highest BCUT2D eigenvalue weighted by Gasteiger charge is 2.23. The van der Waals surface area contributed by atoms with Crippen LogP contribution in [0.4, 0.5) is 11.6 Å². The van der Waals surface area contributed by atoms with Crippen LogP contribution in [-0.4, -0.2) is 67.4 Å². The summed E-state index contributed by atoms with van der Waals surface area (Å²) in [7, 11) is 1.61. The summed E-state index contributed by atoms with van der Waals surface area (Å²) in [5.74, 6) is 2.49. The van der Waals surface area contributed by atoms with E-state index in [1.54, 1.807) is 13.2 Å². The number of methoxy groups -OCH3 is 1. The van der Waals surface area contributed by atoms with Gasteiger partial charge in [0, 0.05) is 44.8 Å². The molecule has 0 aliphatic carbocycles. The molecule has 144 valence electrons. The maximum atomic E-state index is 12.7. The molecular weight excluding hydrogens is 342 g/mol. The third-order valence-electron chi connectivity index (χ3n) is 4.93. The predicted octanol–water partition coefficient (Wildman–Crippen LogP) is 2.29. The highest BCUT2D eigenvalue weighted by molar-refractivity contribution is 5.94. The fourth-order valence-electron chi connectivity index (χ4n) is 3.28. The van der Waals surface area contributed by atoms with Crippen LogP contribution in [0.25, 0.3) is 0 Å². The molecule has 0 bridgehead atoms. The summed E-state index contributed by atoms with van der Waals surface area (Å²) in [6, 6.07) is 11.3. The number of benzene rings is 1. The van der Waals surface area contributed by atoms with Gasteiger partial charge in [0.25, 0.3) is 5.91 Å². The summed E-state index contributed by atoms with van der Waals surface area (Å²) in [6.07, 6.45) is 0. The van der Waals surface area contributed by atoms with Gasteiger partial charge in [-0.1, -0.05) is 6.07 Å². The minimum absolute atomic E-state index is 0.0384. The Kier molecular flexibility index (Phi) is 6.11. The number of ether oxygens (including phenoxy) is 1. The van der Waals surface area contributed by atoms with Crippen LogP contribution in [0.3, 0.4) is 0 Å². The van der Waals surface area contributed by atoms with E-state index in [1.807, 2.05) is 35.2 Å². The number of anilines is 2. The van der Waals surface area contributed by atoms with Gasteiger partial charge in [-0.05, 0) is 44.2 Å². The fourth-order valence-corrected chi connectivity index (χ4v) is 3.28. The highest BCUT2D eigenvalue weighted by Crippen LogP contribution is 2.19. The molecule has 0 unspecified atom stereocenters. The van der Waals surface area contributed by atoms with Crippen LogP contribution in [0, 0.1) is 0 Å². The Morgan fingerprint density at radius 2 is 1.81 bits per heavy atom. The van der Waals surface area contributed by atoms with Crippen molar-refractivity contribution in [1.29, 1.82) is 0 Å². The summed E-state index contributed by atoms with van der Waals surface area (Å²) in [6.45, 7) is 8.86. The number of nitrogens with zero attached hydrogens (tertiary/aromatic N) is 5. The first-order chi connectivity index (χ1) is 13.2. The van der Waals surface area contributed by atoms with Crippen molar-refractivity contribution >= 4 is 17.5 Å². The van der Waals surface area contributed by atoms with Crippen LogP contribution in [-0.2, 0) is 0 Å². The van der Waals surface area contributed by atoms with E-state index in [9.17, 15) is 4.79 Å². The van der Waals surface area contributed by atoms with Gasteiger partial charge < -0.3 is 19.4 Å². The van der Waals surface area contributed by atoms with Gasteiger partial charge in [0.05, 0.1) is 7.11 Å². The zero-order valence-corrected chi connectivity index (χ0v) is 16.3. The molecular formula is C20H27N5O2. The van der Waals surface area contributed by atoms with Gasteiger partial charge in [-0.2, -0.15) is 0 Å². The van der Waals surface area contributed by atoms with Gasteiger partial charge in [-0.3, -0.25) is 4.79 Å². The lowest BCUT2D eigenvalue weighted by atomic mass is 10.1. The van der Waals surface area contributed by atoms with E-state index in [0.29, 0.717) is 24.4 Å². The van der Waals surface area contributed by atoms with Crippen LogP contribution in [0.2, 0.25) is 0 Å². The largest absolute Gasteiger partial charge is 0.497 e. The molecule has 2 heterocycles. The van der Waals surface area contributed by atoms with E-state index in [1.165, 1.54) is 0 Å². The predicted molar refractivity (Wildman–Crippen MR) is 107 cm³/mol. The van der Waals surface area contributed by atoms with Gasteiger partial charge in [0.15, 0.2) is 11.6 Å². The Labute approximate surface area is 160 Å². The lowest BCUT2D eigenvalue weighted by Crippen LogP contribution is -2.49. The normalized spacial score (nSPS) is 14.2. The Hall–Kier alpha value is -2.83. The second kappa shape index (κ2) is 8.70. The number of aromatic nitrogens is 2. The quantitative estimate of drug-likeness (QED) is 0.779. The molecule has 27 heavy (non-hydrogen) atoms. The van der Waals surface area contributed by atoms with Crippen molar-refractivity contribution in [3.63, 3.8) is 0 Å². The van der Waals surface area contributed by atoms with Crippen molar-refractivity contribution in [3.8, 4) is 5.75 Å². The molecule has 1 aromatic heterocycles. The first-order valence-electron chi connectivity index (χ1n) is 9.43. The van der Waals surface area contributed by atoms with E-state index in [0.717, 1.165) is 37.8 Å². The lowest BCUT2D eigenvalue weighted by Gasteiger charge is -2.35. The van der Waals surface area contributed by atoms with Crippen molar-refractivity contribution in [1.82, 2.24) is 15.1 Å². The monoisotopic (exact) mass is 369 g/mol. The van der Waals surface area contributed by atoms with Crippen molar-refractivity contribution in [3.05, 3.63) is 42.0 Å². The Morgan fingerprint density at radius 1 is 1.07 bits per heavy atom. The summed E-state index contributed by atoms with van der Waals surface area (Å²) >= 11 is 0. The van der Waals surface area contributed by atoms with E-state index in [4.69, 9.17) is 4.74 Å². The van der Waals surface area contributed by atoms with E-state index in [-0.39, 0.29) is 5.91 Å². The molecule has 0 atom stereocenters. The average molecular weight is 369 g/mol. The van der Waals surface area contributed by atoms with Crippen LogP contribution in [0.15, 0.2) is 36.4 Å². The minimum atomic E-state index is 0.0384. The molecule has 1 aromatic carbocycles. The fraction of sp³-hybridized carbons (Fsp3) is 0.450. The molecule has 2 aromatic rings. The van der Waals surface area contributed by atoms with E-state index in [2.05, 4.69) is 33.8 Å². The summed E-state index contributed by atoms with van der Waals surface area (Å²) in [5.41, 5.74) is 0.658. The third-order valence-corrected chi connectivity index (χ3v) is 4.93. The van der Waals surface area contributed by atoms with Crippen molar-refractivity contribution in [2.24, 2.45) is 0 Å². The zero-order chi connectivity index (χ0) is 19.2. The molecule has 0 saturated carbocycles. The molecule has 0 spiro atoms. The van der Waals surface area contributed by atoms with Gasteiger partial charge in [0.1, 0.15) is 5.75 Å². The SMILES string of the molecule is CCN(CC)c1ccc(N2CCN(C(=O)c3cccc(OC)c3)CC2)nn1. The summed E-state index contributed by atoms with van der Waals surface area (Å²) in [4.78, 5) is 18.9. The van der Waals surface area contributed by atoms with Crippen molar-refractivity contribution < 1.29 is 9.53 Å². The van der Waals surface area contributed by atoms with E-state index >= 15 is 0 Å². The summed E-state index contributed by atoms with van der Waals surface area (Å²) < 4.78 is 5.21. The number of carbonyl (C=O) groups is 1. The Bertz CT molecular complexity index is 753. The maximum absolute atomic E-state index is 12.7. The molecule has 3 rings (SSSR count). The average Bonchev–Trinajstić information content (AvgIpc) is 2.75. The topological polar surface area (TPSA) is 61.8 Å². The number of hydrogen-bond acceptors (Lipinski definition) is 6. The molecule has 0 radical (unpaired) electrons. The molecule has 7 heteroatoms. The molecule has 1 fully saturated rings.